The van der Waals surface area contributed by atoms with Crippen LogP contribution in [0, 0.1) is 0 Å². The fraction of sp³-hybridized carbons (Fsp3) is 0.625. The normalized spacial score (nSPS) is 12.4. The molecule has 0 aliphatic rings. The number of nitrogens with zero attached hydrogens (tertiary/aromatic N) is 2. The summed E-state index contributed by atoms with van der Waals surface area (Å²) >= 11 is 3.43. The molecule has 1 unspecified atom stereocenters. The van der Waals surface area contributed by atoms with Crippen LogP contribution in [0.15, 0.2) is 6.20 Å². The molecule has 0 aromatic carbocycles. The van der Waals surface area contributed by atoms with E-state index < -0.39 is 0 Å². The van der Waals surface area contributed by atoms with E-state index in [1.807, 2.05) is 0 Å². The molecule has 1 rings (SSSR count). The first-order chi connectivity index (χ1) is 7.24. The third-order valence-electron chi connectivity index (χ3n) is 1.74. The van der Waals surface area contributed by atoms with Gasteiger partial charge in [-0.05, 0) is 6.42 Å². The summed E-state index contributed by atoms with van der Waals surface area (Å²) in [6.45, 7) is 1.20. The van der Waals surface area contributed by atoms with Gasteiger partial charge in [-0.1, -0.05) is 15.9 Å². The average molecular weight is 277 g/mol. The summed E-state index contributed by atoms with van der Waals surface area (Å²) in [6.07, 6.45) is 2.19. The van der Waals surface area contributed by atoms with Crippen molar-refractivity contribution < 1.29 is 9.53 Å². The zero-order valence-corrected chi connectivity index (χ0v) is 9.95. The van der Waals surface area contributed by atoms with Gasteiger partial charge in [-0.25, -0.2) is 0 Å². The van der Waals surface area contributed by atoms with Gasteiger partial charge in [0.25, 0.3) is 5.91 Å². The fourth-order valence-corrected chi connectivity index (χ4v) is 1.50. The lowest BCUT2D eigenvalue weighted by Crippen LogP contribution is -2.27. The zero-order chi connectivity index (χ0) is 11.1. The molecule has 0 saturated heterocycles. The smallest absolute Gasteiger partial charge is 0.273 e. The van der Waals surface area contributed by atoms with Crippen LogP contribution >= 0.6 is 15.9 Å². The molecular formula is C8H13BrN4O2. The Bertz CT molecular complexity index is 291. The second-order valence-electron chi connectivity index (χ2n) is 2.95. The van der Waals surface area contributed by atoms with Crippen LogP contribution in [-0.2, 0) is 4.74 Å². The van der Waals surface area contributed by atoms with E-state index in [0.29, 0.717) is 18.8 Å². The Morgan fingerprint density at radius 2 is 2.60 bits per heavy atom. The second-order valence-corrected chi connectivity index (χ2v) is 4.25. The SMILES string of the molecule is COCC(Br)CCNC(=O)c1cn[nH]n1. The molecule has 1 heterocycles. The molecule has 0 bridgehead atoms. The molecule has 6 nitrogen and oxygen atoms in total. The van der Waals surface area contributed by atoms with Crippen LogP contribution in [0.2, 0.25) is 0 Å². The van der Waals surface area contributed by atoms with Crippen molar-refractivity contribution in [3.63, 3.8) is 0 Å². The molecule has 15 heavy (non-hydrogen) atoms. The number of carbonyl (C=O) groups excluding carboxylic acids is 1. The van der Waals surface area contributed by atoms with Crippen molar-refractivity contribution in [2.75, 3.05) is 20.3 Å². The molecule has 0 aliphatic heterocycles. The third kappa shape index (κ3) is 4.39. The van der Waals surface area contributed by atoms with E-state index in [-0.39, 0.29) is 10.7 Å². The molecule has 0 spiro atoms. The number of methoxy groups -OCH3 is 1. The van der Waals surface area contributed by atoms with Gasteiger partial charge in [-0.15, -0.1) is 0 Å². The van der Waals surface area contributed by atoms with Crippen LogP contribution in [0.25, 0.3) is 0 Å². The first-order valence-electron chi connectivity index (χ1n) is 4.51. The number of ether oxygens (including phenoxy) is 1. The summed E-state index contributed by atoms with van der Waals surface area (Å²) in [7, 11) is 1.64. The zero-order valence-electron chi connectivity index (χ0n) is 8.36. The standard InChI is InChI=1S/C8H13BrN4O2/c1-15-5-6(9)2-3-10-8(14)7-4-11-13-12-7/h4,6H,2-3,5H2,1H3,(H,10,14)(H,11,12,13). The maximum absolute atomic E-state index is 11.4. The molecule has 0 saturated carbocycles. The van der Waals surface area contributed by atoms with Gasteiger partial charge in [-0.2, -0.15) is 15.4 Å². The molecule has 2 N–H and O–H groups in total. The van der Waals surface area contributed by atoms with Gasteiger partial charge < -0.3 is 10.1 Å². The highest BCUT2D eigenvalue weighted by Crippen LogP contribution is 2.03. The van der Waals surface area contributed by atoms with E-state index in [4.69, 9.17) is 4.74 Å². The van der Waals surface area contributed by atoms with E-state index in [9.17, 15) is 4.79 Å². The lowest BCUT2D eigenvalue weighted by atomic mass is 10.3. The monoisotopic (exact) mass is 276 g/mol. The van der Waals surface area contributed by atoms with E-state index in [0.717, 1.165) is 6.42 Å². The van der Waals surface area contributed by atoms with Crippen LogP contribution in [0.3, 0.4) is 0 Å². The largest absolute Gasteiger partial charge is 0.384 e. The molecule has 1 amide bonds. The Morgan fingerprint density at radius 1 is 1.80 bits per heavy atom. The second kappa shape index (κ2) is 6.52. The third-order valence-corrected chi connectivity index (χ3v) is 2.46. The summed E-state index contributed by atoms with van der Waals surface area (Å²) in [5.74, 6) is -0.221. The van der Waals surface area contributed by atoms with Crippen molar-refractivity contribution >= 4 is 21.8 Å². The Balaban J connectivity index is 2.18. The first kappa shape index (κ1) is 12.1. The minimum absolute atomic E-state index is 0.221. The molecule has 0 aliphatic carbocycles. The lowest BCUT2D eigenvalue weighted by molar-refractivity contribution is 0.0947. The van der Waals surface area contributed by atoms with Crippen molar-refractivity contribution in [2.24, 2.45) is 0 Å². The molecular weight excluding hydrogens is 264 g/mol. The number of aromatic nitrogens is 3. The predicted molar refractivity (Wildman–Crippen MR) is 57.9 cm³/mol. The van der Waals surface area contributed by atoms with Gasteiger partial charge in [0.05, 0.1) is 12.8 Å². The number of halogens is 1. The Morgan fingerprint density at radius 3 is 3.20 bits per heavy atom. The highest BCUT2D eigenvalue weighted by Gasteiger charge is 2.08. The lowest BCUT2D eigenvalue weighted by Gasteiger charge is -2.08. The molecule has 84 valence electrons. The minimum Gasteiger partial charge on any atom is -0.384 e. The Kier molecular flexibility index (Phi) is 5.27. The number of carbonyl (C=O) groups is 1. The van der Waals surface area contributed by atoms with Gasteiger partial charge in [0.15, 0.2) is 5.69 Å². The van der Waals surface area contributed by atoms with Crippen molar-refractivity contribution in [1.82, 2.24) is 20.7 Å². The van der Waals surface area contributed by atoms with Crippen LogP contribution < -0.4 is 5.32 Å². The number of alkyl halides is 1. The Labute approximate surface area is 95.9 Å². The molecule has 1 aromatic rings. The van der Waals surface area contributed by atoms with Crippen molar-refractivity contribution in [1.29, 1.82) is 0 Å². The van der Waals surface area contributed by atoms with E-state index in [1.165, 1.54) is 6.20 Å². The average Bonchev–Trinajstić information content (AvgIpc) is 2.70. The Hall–Kier alpha value is -0.950. The van der Waals surface area contributed by atoms with Crippen molar-refractivity contribution in [2.45, 2.75) is 11.2 Å². The van der Waals surface area contributed by atoms with E-state index in [1.54, 1.807) is 7.11 Å². The summed E-state index contributed by atoms with van der Waals surface area (Å²) in [5.41, 5.74) is 0.299. The van der Waals surface area contributed by atoms with Gasteiger partial charge >= 0.3 is 0 Å². The fourth-order valence-electron chi connectivity index (χ4n) is 1.01. The van der Waals surface area contributed by atoms with Crippen LogP contribution in [0.1, 0.15) is 16.9 Å². The van der Waals surface area contributed by atoms with Crippen molar-refractivity contribution in [3.05, 3.63) is 11.9 Å². The number of hydrogen-bond donors (Lipinski definition) is 2. The predicted octanol–water partition coefficient (Wildman–Crippen LogP) is 0.334. The number of aromatic amines is 1. The first-order valence-corrected chi connectivity index (χ1v) is 5.42. The van der Waals surface area contributed by atoms with Gasteiger partial charge in [0, 0.05) is 18.5 Å². The minimum atomic E-state index is -0.221. The van der Waals surface area contributed by atoms with E-state index >= 15 is 0 Å². The molecule has 7 heteroatoms. The van der Waals surface area contributed by atoms with Gasteiger partial charge in [0.2, 0.25) is 0 Å². The highest BCUT2D eigenvalue weighted by molar-refractivity contribution is 9.09. The molecule has 1 aromatic heterocycles. The summed E-state index contributed by atoms with van der Waals surface area (Å²) in [5, 5.41) is 12.3. The topological polar surface area (TPSA) is 79.9 Å². The molecule has 0 fully saturated rings. The molecule has 1 atom stereocenters. The number of amides is 1. The maximum Gasteiger partial charge on any atom is 0.273 e. The van der Waals surface area contributed by atoms with Crippen LogP contribution in [0.5, 0.6) is 0 Å². The summed E-state index contributed by atoms with van der Waals surface area (Å²) in [4.78, 5) is 11.6. The number of rotatable bonds is 6. The van der Waals surface area contributed by atoms with Crippen LogP contribution in [0.4, 0.5) is 0 Å². The van der Waals surface area contributed by atoms with Crippen molar-refractivity contribution in [3.8, 4) is 0 Å². The summed E-state index contributed by atoms with van der Waals surface area (Å²) < 4.78 is 4.95. The number of hydrogen-bond acceptors (Lipinski definition) is 4. The van der Waals surface area contributed by atoms with E-state index in [2.05, 4.69) is 36.7 Å². The van der Waals surface area contributed by atoms with Gasteiger partial charge in [-0.3, -0.25) is 4.79 Å². The number of nitrogens with one attached hydrogen (secondary N) is 2. The molecule has 0 radical (unpaired) electrons. The number of H-pyrrole nitrogens is 1. The quantitative estimate of drug-likeness (QED) is 0.734. The van der Waals surface area contributed by atoms with Gasteiger partial charge in [0.1, 0.15) is 0 Å². The van der Waals surface area contributed by atoms with Crippen LogP contribution in [-0.4, -0.2) is 46.4 Å². The summed E-state index contributed by atoms with van der Waals surface area (Å²) in [6, 6.07) is 0. The highest BCUT2D eigenvalue weighted by atomic mass is 79.9. The maximum atomic E-state index is 11.4.